The molecule has 0 atom stereocenters. The molecule has 37 heavy (non-hydrogen) atoms. The summed E-state index contributed by atoms with van der Waals surface area (Å²) in [4.78, 5) is 21.5. The summed E-state index contributed by atoms with van der Waals surface area (Å²) in [5.74, 6) is 0.489. The van der Waals surface area contributed by atoms with Crippen LogP contribution in [0.15, 0.2) is 71.6 Å². The molecule has 0 fully saturated rings. The topological polar surface area (TPSA) is 120 Å². The average molecular weight is 541 g/mol. The molecule has 9 nitrogen and oxygen atoms in total. The van der Waals surface area contributed by atoms with Crippen LogP contribution in [0.3, 0.4) is 0 Å². The van der Waals surface area contributed by atoms with Gasteiger partial charge in [0.2, 0.25) is 0 Å². The van der Waals surface area contributed by atoms with Gasteiger partial charge in [0.25, 0.3) is 10.0 Å². The highest BCUT2D eigenvalue weighted by atomic mass is 35.5. The van der Waals surface area contributed by atoms with Crippen molar-refractivity contribution >= 4 is 55.8 Å². The minimum absolute atomic E-state index is 0.0330. The number of Topliss-reactive ketones (excluding diaryl/α,β-unsaturated/α-hetero) is 1. The lowest BCUT2D eigenvalue weighted by Crippen LogP contribution is -2.16. The number of benzene rings is 3. The molecule has 0 unspecified atom stereocenters. The molecule has 0 aliphatic rings. The van der Waals surface area contributed by atoms with Crippen molar-refractivity contribution in [3.63, 3.8) is 0 Å². The van der Waals surface area contributed by atoms with Gasteiger partial charge in [0.05, 0.1) is 33.7 Å². The molecule has 192 valence electrons. The predicted octanol–water partition coefficient (Wildman–Crippen LogP) is 5.45. The maximum atomic E-state index is 13.4. The number of carbonyl (C=O) groups is 1. The molecular weight excluding hydrogens is 516 g/mol. The second kappa shape index (κ2) is 11.5. The number of ketones is 1. The number of hydrogen-bond acceptors (Lipinski definition) is 8. The van der Waals surface area contributed by atoms with Gasteiger partial charge in [-0.05, 0) is 42.8 Å². The zero-order valence-corrected chi connectivity index (χ0v) is 21.8. The van der Waals surface area contributed by atoms with Crippen LogP contribution in [-0.2, 0) is 14.8 Å². The summed E-state index contributed by atoms with van der Waals surface area (Å²) in [7, 11) is -1.04. The standard InChI is InChI=1S/C26H25ClN4O5S/c1-35-14-6-11-24(32)17-7-5-8-19(15-17)37(33,34)31-26-25(28-21-9-3-4-10-22(21)29-26)30-23-16-18(36-2)12-13-20(23)27/h3-5,7-10,12-13,15-16H,6,11,14H2,1-2H3,(H,28,30)(H,29,31). The van der Waals surface area contributed by atoms with Gasteiger partial charge in [0, 0.05) is 31.8 Å². The van der Waals surface area contributed by atoms with Gasteiger partial charge < -0.3 is 14.8 Å². The number of fused-ring (bicyclic) bond motifs is 1. The number of hydrogen-bond donors (Lipinski definition) is 2. The highest BCUT2D eigenvalue weighted by Gasteiger charge is 2.21. The molecule has 0 saturated carbocycles. The summed E-state index contributed by atoms with van der Waals surface area (Å²) in [5.41, 5.74) is 1.79. The fraction of sp³-hybridized carbons (Fsp3) is 0.192. The highest BCUT2D eigenvalue weighted by Crippen LogP contribution is 2.32. The second-order valence-corrected chi connectivity index (χ2v) is 10.1. The first-order chi connectivity index (χ1) is 17.8. The van der Waals surface area contributed by atoms with Crippen LogP contribution in [0.2, 0.25) is 5.02 Å². The van der Waals surface area contributed by atoms with E-state index in [1.807, 2.05) is 0 Å². The first kappa shape index (κ1) is 26.3. The second-order valence-electron chi connectivity index (χ2n) is 8.03. The van der Waals surface area contributed by atoms with Crippen molar-refractivity contribution < 1.29 is 22.7 Å². The first-order valence-corrected chi connectivity index (χ1v) is 13.2. The van der Waals surface area contributed by atoms with E-state index in [-0.39, 0.29) is 28.7 Å². The van der Waals surface area contributed by atoms with Crippen LogP contribution >= 0.6 is 11.6 Å². The SMILES string of the molecule is COCCCC(=O)c1cccc(S(=O)(=O)Nc2nc3ccccc3nc2Nc2cc(OC)ccc2Cl)c1. The zero-order chi connectivity index (χ0) is 26.4. The van der Waals surface area contributed by atoms with Crippen molar-refractivity contribution in [2.45, 2.75) is 17.7 Å². The number of anilines is 3. The molecule has 0 saturated heterocycles. The monoisotopic (exact) mass is 540 g/mol. The Kier molecular flexibility index (Phi) is 8.22. The van der Waals surface area contributed by atoms with Crippen molar-refractivity contribution in [2.75, 3.05) is 30.9 Å². The van der Waals surface area contributed by atoms with E-state index in [1.165, 1.54) is 25.3 Å². The lowest BCUT2D eigenvalue weighted by molar-refractivity contribution is 0.0963. The third-order valence-electron chi connectivity index (χ3n) is 5.45. The minimum Gasteiger partial charge on any atom is -0.497 e. The largest absolute Gasteiger partial charge is 0.497 e. The maximum absolute atomic E-state index is 13.4. The van der Waals surface area contributed by atoms with E-state index >= 15 is 0 Å². The Hall–Kier alpha value is -3.73. The number of nitrogens with zero attached hydrogens (tertiary/aromatic N) is 2. The van der Waals surface area contributed by atoms with Gasteiger partial charge in [0.1, 0.15) is 5.75 Å². The van der Waals surface area contributed by atoms with Gasteiger partial charge in [-0.2, -0.15) is 0 Å². The molecule has 1 aromatic heterocycles. The Bertz CT molecular complexity index is 1550. The molecule has 4 aromatic rings. The van der Waals surface area contributed by atoms with Gasteiger partial charge in [-0.1, -0.05) is 35.9 Å². The molecule has 3 aromatic carbocycles. The smallest absolute Gasteiger partial charge is 0.263 e. The molecule has 0 aliphatic carbocycles. The summed E-state index contributed by atoms with van der Waals surface area (Å²) in [5, 5.41) is 3.44. The summed E-state index contributed by atoms with van der Waals surface area (Å²) in [6.07, 6.45) is 0.787. The lowest BCUT2D eigenvalue weighted by Gasteiger charge is -2.15. The molecule has 4 rings (SSSR count). The first-order valence-electron chi connectivity index (χ1n) is 11.3. The zero-order valence-electron chi connectivity index (χ0n) is 20.2. The molecule has 0 aliphatic heterocycles. The molecule has 1 heterocycles. The molecule has 0 spiro atoms. The number of sulfonamides is 1. The van der Waals surface area contributed by atoms with Gasteiger partial charge in [-0.3, -0.25) is 9.52 Å². The fourth-order valence-corrected chi connectivity index (χ4v) is 4.78. The third-order valence-corrected chi connectivity index (χ3v) is 7.11. The quantitative estimate of drug-likeness (QED) is 0.190. The van der Waals surface area contributed by atoms with Crippen LogP contribution < -0.4 is 14.8 Å². The lowest BCUT2D eigenvalue weighted by atomic mass is 10.1. The van der Waals surface area contributed by atoms with Crippen LogP contribution in [0.5, 0.6) is 5.75 Å². The van der Waals surface area contributed by atoms with E-state index < -0.39 is 10.0 Å². The summed E-state index contributed by atoms with van der Waals surface area (Å²) < 4.78 is 39.5. The molecule has 0 radical (unpaired) electrons. The molecule has 11 heteroatoms. The van der Waals surface area contributed by atoms with Crippen molar-refractivity contribution in [3.05, 3.63) is 77.3 Å². The van der Waals surface area contributed by atoms with Crippen molar-refractivity contribution in [3.8, 4) is 5.75 Å². The number of halogens is 1. The molecular formula is C26H25ClN4O5S. The number of rotatable bonds is 11. The van der Waals surface area contributed by atoms with Crippen LogP contribution in [0, 0.1) is 0 Å². The summed E-state index contributed by atoms with van der Waals surface area (Å²) in [6, 6.07) is 17.9. The van der Waals surface area contributed by atoms with Gasteiger partial charge >= 0.3 is 0 Å². The Balaban J connectivity index is 1.70. The molecule has 2 N–H and O–H groups in total. The van der Waals surface area contributed by atoms with Crippen LogP contribution in [0.25, 0.3) is 11.0 Å². The Labute approximate surface area is 219 Å². The molecule has 0 bridgehead atoms. The number of ether oxygens (including phenoxy) is 2. The summed E-state index contributed by atoms with van der Waals surface area (Å²) >= 11 is 6.35. The van der Waals surface area contributed by atoms with Crippen molar-refractivity contribution in [1.29, 1.82) is 0 Å². The minimum atomic E-state index is -4.13. The summed E-state index contributed by atoms with van der Waals surface area (Å²) in [6.45, 7) is 0.443. The van der Waals surface area contributed by atoms with Gasteiger partial charge in [0.15, 0.2) is 17.4 Å². The number of nitrogens with one attached hydrogen (secondary N) is 2. The Morgan fingerprint density at radius 3 is 2.38 bits per heavy atom. The van der Waals surface area contributed by atoms with Crippen molar-refractivity contribution in [2.24, 2.45) is 0 Å². The number of aromatic nitrogens is 2. The third kappa shape index (κ3) is 6.34. The fourth-order valence-electron chi connectivity index (χ4n) is 3.56. The van der Waals surface area contributed by atoms with E-state index in [0.717, 1.165) is 0 Å². The Morgan fingerprint density at radius 1 is 0.946 bits per heavy atom. The molecule has 0 amide bonds. The number of para-hydroxylation sites is 2. The number of methoxy groups -OCH3 is 2. The van der Waals surface area contributed by atoms with Crippen LogP contribution in [0.1, 0.15) is 23.2 Å². The maximum Gasteiger partial charge on any atom is 0.263 e. The Morgan fingerprint density at radius 2 is 1.68 bits per heavy atom. The van der Waals surface area contributed by atoms with E-state index in [9.17, 15) is 13.2 Å². The van der Waals surface area contributed by atoms with E-state index in [2.05, 4.69) is 20.0 Å². The number of carbonyl (C=O) groups excluding carboxylic acids is 1. The normalized spacial score (nSPS) is 11.3. The van der Waals surface area contributed by atoms with E-state index in [1.54, 1.807) is 55.6 Å². The van der Waals surface area contributed by atoms with Crippen molar-refractivity contribution in [1.82, 2.24) is 9.97 Å². The van der Waals surface area contributed by atoms with Crippen LogP contribution in [-0.4, -0.2) is 45.0 Å². The van der Waals surface area contributed by atoms with E-state index in [4.69, 9.17) is 21.1 Å². The van der Waals surface area contributed by atoms with Gasteiger partial charge in [-0.25, -0.2) is 18.4 Å². The highest BCUT2D eigenvalue weighted by molar-refractivity contribution is 7.92. The van der Waals surface area contributed by atoms with E-state index in [0.29, 0.717) is 46.1 Å². The average Bonchev–Trinajstić information content (AvgIpc) is 2.90. The van der Waals surface area contributed by atoms with Gasteiger partial charge in [-0.15, -0.1) is 0 Å². The van der Waals surface area contributed by atoms with Crippen LogP contribution in [0.4, 0.5) is 17.3 Å². The predicted molar refractivity (Wildman–Crippen MR) is 144 cm³/mol.